The summed E-state index contributed by atoms with van der Waals surface area (Å²) in [5.41, 5.74) is 0. The molecule has 0 saturated carbocycles. The Balaban J connectivity index is 2.09. The largest absolute Gasteiger partial charge is 0.466 e. The van der Waals surface area contributed by atoms with Crippen LogP contribution >= 0.6 is 0 Å². The van der Waals surface area contributed by atoms with Gasteiger partial charge in [-0.1, -0.05) is 6.92 Å². The summed E-state index contributed by atoms with van der Waals surface area (Å²) in [5.74, 6) is 0.792. The van der Waals surface area contributed by atoms with Crippen molar-refractivity contribution >= 4 is 5.97 Å². The first-order valence-electron chi connectivity index (χ1n) is 5.60. The average Bonchev–Trinajstić information content (AvgIpc) is 2.17. The lowest BCUT2D eigenvalue weighted by molar-refractivity contribution is -0.143. The second-order valence-electron chi connectivity index (χ2n) is 4.08. The Morgan fingerprint density at radius 3 is 2.64 bits per heavy atom. The van der Waals surface area contributed by atoms with Crippen molar-refractivity contribution in [3.63, 3.8) is 0 Å². The molecule has 0 aliphatic carbocycles. The zero-order chi connectivity index (χ0) is 10.4. The number of carbonyl (C=O) groups is 1. The van der Waals surface area contributed by atoms with Crippen molar-refractivity contribution in [1.82, 2.24) is 4.90 Å². The number of likely N-dealkylation sites (tertiary alicyclic amines) is 1. The summed E-state index contributed by atoms with van der Waals surface area (Å²) >= 11 is 0. The number of rotatable bonds is 4. The van der Waals surface area contributed by atoms with Gasteiger partial charge < -0.3 is 9.64 Å². The Kier molecular flexibility index (Phi) is 4.94. The van der Waals surface area contributed by atoms with E-state index in [1.165, 1.54) is 12.8 Å². The highest BCUT2D eigenvalue weighted by atomic mass is 16.5. The minimum Gasteiger partial charge on any atom is -0.466 e. The highest BCUT2D eigenvalue weighted by molar-refractivity contribution is 5.69. The van der Waals surface area contributed by atoms with Gasteiger partial charge >= 0.3 is 5.97 Å². The molecule has 1 saturated heterocycles. The normalized spacial score (nSPS) is 19.6. The van der Waals surface area contributed by atoms with Crippen LogP contribution in [0, 0.1) is 5.92 Å². The fraction of sp³-hybridized carbons (Fsp3) is 0.909. The molecule has 3 nitrogen and oxygen atoms in total. The summed E-state index contributed by atoms with van der Waals surface area (Å²) in [5, 5.41) is 0. The van der Waals surface area contributed by atoms with Gasteiger partial charge in [0.2, 0.25) is 0 Å². The molecule has 82 valence electrons. The number of hydrogen-bond donors (Lipinski definition) is 0. The number of carbonyl (C=O) groups excluding carboxylic acids is 1. The third-order valence-electron chi connectivity index (χ3n) is 2.81. The van der Waals surface area contributed by atoms with Crippen molar-refractivity contribution in [3.8, 4) is 0 Å². The first-order chi connectivity index (χ1) is 6.72. The van der Waals surface area contributed by atoms with Crippen LogP contribution in [0.2, 0.25) is 0 Å². The van der Waals surface area contributed by atoms with E-state index in [1.807, 2.05) is 6.92 Å². The van der Waals surface area contributed by atoms with Crippen LogP contribution in [0.15, 0.2) is 0 Å². The van der Waals surface area contributed by atoms with Gasteiger partial charge in [-0.2, -0.15) is 0 Å². The van der Waals surface area contributed by atoms with Crippen molar-refractivity contribution < 1.29 is 9.53 Å². The molecule has 0 bridgehead atoms. The monoisotopic (exact) mass is 199 g/mol. The summed E-state index contributed by atoms with van der Waals surface area (Å²) in [6.45, 7) is 7.78. The molecule has 0 aromatic heterocycles. The highest BCUT2D eigenvalue weighted by Crippen LogP contribution is 2.15. The highest BCUT2D eigenvalue weighted by Gasteiger charge is 2.16. The predicted molar refractivity (Wildman–Crippen MR) is 56.1 cm³/mol. The predicted octanol–water partition coefficient (Wildman–Crippen LogP) is 1.67. The Morgan fingerprint density at radius 2 is 2.07 bits per heavy atom. The van der Waals surface area contributed by atoms with E-state index < -0.39 is 0 Å². The zero-order valence-electron chi connectivity index (χ0n) is 9.29. The summed E-state index contributed by atoms with van der Waals surface area (Å²) in [6, 6.07) is 0. The van der Waals surface area contributed by atoms with Crippen molar-refractivity contribution in [3.05, 3.63) is 0 Å². The van der Waals surface area contributed by atoms with Crippen molar-refractivity contribution in [2.45, 2.75) is 33.1 Å². The topological polar surface area (TPSA) is 29.5 Å². The van der Waals surface area contributed by atoms with Gasteiger partial charge in [-0.15, -0.1) is 0 Å². The van der Waals surface area contributed by atoms with E-state index >= 15 is 0 Å². The van der Waals surface area contributed by atoms with Gasteiger partial charge in [-0.25, -0.2) is 0 Å². The molecule has 0 unspecified atom stereocenters. The van der Waals surface area contributed by atoms with E-state index in [-0.39, 0.29) is 5.97 Å². The van der Waals surface area contributed by atoms with Crippen LogP contribution in [0.5, 0.6) is 0 Å². The summed E-state index contributed by atoms with van der Waals surface area (Å²) < 4.78 is 4.89. The van der Waals surface area contributed by atoms with Crippen LogP contribution in [-0.4, -0.2) is 37.1 Å². The minimum atomic E-state index is -0.0638. The molecule has 1 aliphatic heterocycles. The van der Waals surface area contributed by atoms with Gasteiger partial charge in [0.05, 0.1) is 13.0 Å². The third kappa shape index (κ3) is 4.09. The molecular weight excluding hydrogens is 178 g/mol. The molecule has 0 N–H and O–H groups in total. The molecule has 0 aromatic carbocycles. The van der Waals surface area contributed by atoms with Gasteiger partial charge in [0.25, 0.3) is 0 Å². The van der Waals surface area contributed by atoms with Gasteiger partial charge in [-0.3, -0.25) is 4.79 Å². The summed E-state index contributed by atoms with van der Waals surface area (Å²) in [4.78, 5) is 13.5. The molecule has 0 radical (unpaired) electrons. The average molecular weight is 199 g/mol. The molecular formula is C11H21NO2. The fourth-order valence-electron chi connectivity index (χ4n) is 1.77. The quantitative estimate of drug-likeness (QED) is 0.645. The maximum Gasteiger partial charge on any atom is 0.307 e. The van der Waals surface area contributed by atoms with Crippen LogP contribution in [-0.2, 0) is 9.53 Å². The number of ether oxygens (including phenoxy) is 1. The van der Waals surface area contributed by atoms with Gasteiger partial charge in [0, 0.05) is 6.54 Å². The molecule has 0 spiro atoms. The van der Waals surface area contributed by atoms with E-state index in [1.54, 1.807) is 0 Å². The number of nitrogens with zero attached hydrogens (tertiary/aromatic N) is 1. The van der Waals surface area contributed by atoms with E-state index in [0.29, 0.717) is 13.0 Å². The lowest BCUT2D eigenvalue weighted by atomic mass is 9.99. The molecule has 14 heavy (non-hydrogen) atoms. The standard InChI is InChI=1S/C11H21NO2/c1-3-14-11(13)6-9-12-7-4-10(2)5-8-12/h10H,3-9H2,1-2H3. The van der Waals surface area contributed by atoms with E-state index in [2.05, 4.69) is 11.8 Å². The van der Waals surface area contributed by atoms with Crippen LogP contribution in [0.25, 0.3) is 0 Å². The van der Waals surface area contributed by atoms with E-state index in [4.69, 9.17) is 4.74 Å². The second-order valence-corrected chi connectivity index (χ2v) is 4.08. The van der Waals surface area contributed by atoms with Crippen LogP contribution in [0.1, 0.15) is 33.1 Å². The molecule has 1 rings (SSSR count). The van der Waals surface area contributed by atoms with Crippen molar-refractivity contribution in [2.75, 3.05) is 26.2 Å². The van der Waals surface area contributed by atoms with Crippen molar-refractivity contribution in [1.29, 1.82) is 0 Å². The first kappa shape index (κ1) is 11.5. The fourth-order valence-corrected chi connectivity index (χ4v) is 1.77. The molecule has 1 heterocycles. The Morgan fingerprint density at radius 1 is 1.43 bits per heavy atom. The Hall–Kier alpha value is -0.570. The van der Waals surface area contributed by atoms with Gasteiger partial charge in [-0.05, 0) is 38.8 Å². The molecule has 0 atom stereocenters. The maximum atomic E-state index is 11.1. The van der Waals surface area contributed by atoms with Crippen LogP contribution < -0.4 is 0 Å². The maximum absolute atomic E-state index is 11.1. The number of piperidine rings is 1. The Bertz CT molecular complexity index is 174. The Labute approximate surface area is 86.4 Å². The third-order valence-corrected chi connectivity index (χ3v) is 2.81. The minimum absolute atomic E-state index is 0.0638. The van der Waals surface area contributed by atoms with Crippen LogP contribution in [0.4, 0.5) is 0 Å². The van der Waals surface area contributed by atoms with Gasteiger partial charge in [0.15, 0.2) is 0 Å². The smallest absolute Gasteiger partial charge is 0.307 e. The number of esters is 1. The molecule has 3 heteroatoms. The lowest BCUT2D eigenvalue weighted by Crippen LogP contribution is -2.34. The second kappa shape index (κ2) is 6.02. The SMILES string of the molecule is CCOC(=O)CCN1CCC(C)CC1. The van der Waals surface area contributed by atoms with Crippen LogP contribution in [0.3, 0.4) is 0 Å². The van der Waals surface area contributed by atoms with E-state index in [0.717, 1.165) is 25.6 Å². The molecule has 0 aromatic rings. The summed E-state index contributed by atoms with van der Waals surface area (Å²) in [6.07, 6.45) is 3.08. The molecule has 0 amide bonds. The molecule has 1 aliphatic rings. The lowest BCUT2D eigenvalue weighted by Gasteiger charge is -2.29. The number of hydrogen-bond acceptors (Lipinski definition) is 3. The first-order valence-corrected chi connectivity index (χ1v) is 5.60. The summed E-state index contributed by atoms with van der Waals surface area (Å²) in [7, 11) is 0. The zero-order valence-corrected chi connectivity index (χ0v) is 9.29. The van der Waals surface area contributed by atoms with Crippen molar-refractivity contribution in [2.24, 2.45) is 5.92 Å². The molecule has 1 fully saturated rings. The van der Waals surface area contributed by atoms with E-state index in [9.17, 15) is 4.79 Å². The van der Waals surface area contributed by atoms with Gasteiger partial charge in [0.1, 0.15) is 0 Å².